The maximum absolute atomic E-state index is 4.46. The third kappa shape index (κ3) is 6.93. The van der Waals surface area contributed by atoms with Crippen LogP contribution in [0.5, 0.6) is 0 Å². The van der Waals surface area contributed by atoms with Crippen LogP contribution in [0.15, 0.2) is 29.6 Å². The number of aliphatic imine (C=N–C) groups is 1. The fourth-order valence-corrected chi connectivity index (χ4v) is 4.13. The maximum Gasteiger partial charge on any atom is 0.225 e. The third-order valence-electron chi connectivity index (χ3n) is 4.96. The molecule has 0 spiro atoms. The van der Waals surface area contributed by atoms with Crippen LogP contribution in [0.2, 0.25) is 0 Å². The molecular formula is C20H32N8S. The van der Waals surface area contributed by atoms with Crippen molar-refractivity contribution in [2.24, 2.45) is 4.99 Å². The van der Waals surface area contributed by atoms with E-state index in [1.54, 1.807) is 23.7 Å². The van der Waals surface area contributed by atoms with E-state index in [1.165, 1.54) is 9.88 Å². The number of hydrogen-bond donors (Lipinski definition) is 2. The first-order chi connectivity index (χ1) is 14.3. The third-order valence-corrected chi connectivity index (χ3v) is 6.16. The predicted octanol–water partition coefficient (Wildman–Crippen LogP) is 1.42. The second-order valence-corrected chi connectivity index (χ2v) is 8.18. The summed E-state index contributed by atoms with van der Waals surface area (Å²) in [5, 5.41) is 7.98. The summed E-state index contributed by atoms with van der Waals surface area (Å²) >= 11 is 1.80. The van der Waals surface area contributed by atoms with Gasteiger partial charge in [0.1, 0.15) is 0 Å². The van der Waals surface area contributed by atoms with Crippen molar-refractivity contribution >= 4 is 23.2 Å². The summed E-state index contributed by atoms with van der Waals surface area (Å²) in [5.41, 5.74) is 0. The molecule has 1 fully saturated rings. The van der Waals surface area contributed by atoms with Crippen molar-refractivity contribution < 1.29 is 0 Å². The molecule has 2 aromatic heterocycles. The molecule has 0 bridgehead atoms. The van der Waals surface area contributed by atoms with Crippen LogP contribution in [0.25, 0.3) is 0 Å². The molecule has 2 aromatic rings. The normalized spacial score (nSPS) is 15.5. The minimum absolute atomic E-state index is 0.840. The van der Waals surface area contributed by atoms with Crippen LogP contribution in [-0.2, 0) is 12.8 Å². The molecular weight excluding hydrogens is 384 g/mol. The Bertz CT molecular complexity index is 740. The lowest BCUT2D eigenvalue weighted by molar-refractivity contribution is 0.254. The van der Waals surface area contributed by atoms with Gasteiger partial charge in [-0.2, -0.15) is 0 Å². The van der Waals surface area contributed by atoms with E-state index in [2.05, 4.69) is 47.3 Å². The zero-order valence-electron chi connectivity index (χ0n) is 17.5. The smallest absolute Gasteiger partial charge is 0.225 e. The average Bonchev–Trinajstić information content (AvgIpc) is 3.24. The summed E-state index contributed by atoms with van der Waals surface area (Å²) in [6.07, 6.45) is 8.68. The topological polar surface area (TPSA) is 81.6 Å². The van der Waals surface area contributed by atoms with Gasteiger partial charge in [0.25, 0.3) is 0 Å². The molecule has 3 heterocycles. The Morgan fingerprint density at radius 1 is 1.10 bits per heavy atom. The number of guanidine groups is 1. The van der Waals surface area contributed by atoms with Crippen molar-refractivity contribution in [2.45, 2.75) is 26.2 Å². The molecule has 3 rings (SSSR count). The highest BCUT2D eigenvalue weighted by Gasteiger charge is 2.18. The number of hydrogen-bond acceptors (Lipinski definition) is 7. The number of nitrogens with one attached hydrogen (secondary N) is 2. The van der Waals surface area contributed by atoms with E-state index < -0.39 is 0 Å². The van der Waals surface area contributed by atoms with Crippen LogP contribution < -0.4 is 15.5 Å². The van der Waals surface area contributed by atoms with E-state index >= 15 is 0 Å². The van der Waals surface area contributed by atoms with Crippen LogP contribution in [0.4, 0.5) is 5.95 Å². The summed E-state index contributed by atoms with van der Waals surface area (Å²) in [6, 6.07) is 1.86. The summed E-state index contributed by atoms with van der Waals surface area (Å²) in [4.78, 5) is 23.6. The number of rotatable bonds is 9. The van der Waals surface area contributed by atoms with Gasteiger partial charge in [-0.1, -0.05) is 6.92 Å². The highest BCUT2D eigenvalue weighted by atomic mass is 32.1. The van der Waals surface area contributed by atoms with E-state index in [4.69, 9.17) is 0 Å². The lowest BCUT2D eigenvalue weighted by Crippen LogP contribution is -2.47. The van der Waals surface area contributed by atoms with Gasteiger partial charge in [-0.25, -0.2) is 15.0 Å². The zero-order chi connectivity index (χ0) is 20.3. The minimum atomic E-state index is 0.840. The van der Waals surface area contributed by atoms with Gasteiger partial charge in [0.05, 0.1) is 5.01 Å². The highest BCUT2D eigenvalue weighted by molar-refractivity contribution is 7.11. The molecule has 9 heteroatoms. The first kappa shape index (κ1) is 21.4. The Balaban J connectivity index is 1.26. The van der Waals surface area contributed by atoms with Crippen molar-refractivity contribution in [3.8, 4) is 0 Å². The molecule has 0 saturated carbocycles. The molecule has 158 valence electrons. The molecule has 8 nitrogen and oxygen atoms in total. The summed E-state index contributed by atoms with van der Waals surface area (Å²) < 4.78 is 0. The molecule has 1 saturated heterocycles. The molecule has 0 radical (unpaired) electrons. The SMILES string of the molecule is CCc1cnc(CCNC(=NC)NCCCN2CCN(c3ncccn3)CC2)s1. The lowest BCUT2D eigenvalue weighted by Gasteiger charge is -2.34. The maximum atomic E-state index is 4.46. The van der Waals surface area contributed by atoms with E-state index in [0.29, 0.717) is 0 Å². The Labute approximate surface area is 177 Å². The van der Waals surface area contributed by atoms with E-state index in [1.807, 2.05) is 19.3 Å². The number of aromatic nitrogens is 3. The summed E-state index contributed by atoms with van der Waals surface area (Å²) in [6.45, 7) is 9.09. The van der Waals surface area contributed by atoms with Gasteiger partial charge >= 0.3 is 0 Å². The van der Waals surface area contributed by atoms with Gasteiger partial charge in [-0.05, 0) is 25.5 Å². The van der Waals surface area contributed by atoms with Crippen LogP contribution in [-0.4, -0.2) is 78.7 Å². The number of aryl methyl sites for hydroxylation is 1. The summed E-state index contributed by atoms with van der Waals surface area (Å²) in [7, 11) is 1.82. The molecule has 1 aliphatic rings. The molecule has 0 unspecified atom stereocenters. The first-order valence-electron chi connectivity index (χ1n) is 10.4. The van der Waals surface area contributed by atoms with E-state index in [0.717, 1.165) is 77.0 Å². The molecule has 0 atom stereocenters. The average molecular weight is 417 g/mol. The Kier molecular flexibility index (Phi) is 8.63. The first-order valence-corrected chi connectivity index (χ1v) is 11.2. The molecule has 1 aliphatic heterocycles. The summed E-state index contributed by atoms with van der Waals surface area (Å²) in [5.74, 6) is 1.70. The lowest BCUT2D eigenvalue weighted by atomic mass is 10.3. The minimum Gasteiger partial charge on any atom is -0.356 e. The molecule has 2 N–H and O–H groups in total. The Morgan fingerprint density at radius 3 is 2.55 bits per heavy atom. The van der Waals surface area contributed by atoms with Crippen molar-refractivity contribution in [1.29, 1.82) is 0 Å². The zero-order valence-corrected chi connectivity index (χ0v) is 18.3. The number of piperazine rings is 1. The second-order valence-electron chi connectivity index (χ2n) is 6.98. The fraction of sp³-hybridized carbons (Fsp3) is 0.600. The van der Waals surface area contributed by atoms with Crippen LogP contribution in [0, 0.1) is 0 Å². The van der Waals surface area contributed by atoms with Gasteiger partial charge in [0.15, 0.2) is 5.96 Å². The second kappa shape index (κ2) is 11.7. The standard InChI is InChI=1S/C20H32N8S/c1-3-17-16-26-18(29-17)6-10-23-19(21-2)22-9-5-11-27-12-14-28(15-13-27)20-24-7-4-8-25-20/h4,7-8,16H,3,5-6,9-15H2,1-2H3,(H2,21,22,23). The molecule has 0 aromatic carbocycles. The van der Waals surface area contributed by atoms with Crippen molar-refractivity contribution in [3.05, 3.63) is 34.5 Å². The van der Waals surface area contributed by atoms with E-state index in [9.17, 15) is 0 Å². The van der Waals surface area contributed by atoms with E-state index in [-0.39, 0.29) is 0 Å². The van der Waals surface area contributed by atoms with Crippen molar-refractivity contribution in [3.63, 3.8) is 0 Å². The molecule has 0 amide bonds. The van der Waals surface area contributed by atoms with Crippen molar-refractivity contribution in [2.75, 3.05) is 57.8 Å². The monoisotopic (exact) mass is 416 g/mol. The van der Waals surface area contributed by atoms with Crippen molar-refractivity contribution in [1.82, 2.24) is 30.5 Å². The van der Waals surface area contributed by atoms with Gasteiger partial charge in [-0.3, -0.25) is 9.89 Å². The van der Waals surface area contributed by atoms with Gasteiger partial charge < -0.3 is 15.5 Å². The molecule has 29 heavy (non-hydrogen) atoms. The van der Waals surface area contributed by atoms with Crippen LogP contribution in [0.1, 0.15) is 23.2 Å². The highest BCUT2D eigenvalue weighted by Crippen LogP contribution is 2.13. The number of nitrogens with zero attached hydrogens (tertiary/aromatic N) is 6. The Morgan fingerprint density at radius 2 is 1.86 bits per heavy atom. The predicted molar refractivity (Wildman–Crippen MR) is 120 cm³/mol. The quantitative estimate of drug-likeness (QED) is 0.363. The number of thiazole rings is 1. The largest absolute Gasteiger partial charge is 0.356 e. The Hall–Kier alpha value is -2.26. The molecule has 0 aliphatic carbocycles. The van der Waals surface area contributed by atoms with Gasteiger partial charge in [0, 0.05) is 76.2 Å². The fourth-order valence-electron chi connectivity index (χ4n) is 3.27. The number of anilines is 1. The van der Waals surface area contributed by atoms with Gasteiger partial charge in [-0.15, -0.1) is 11.3 Å². The van der Waals surface area contributed by atoms with Gasteiger partial charge in [0.2, 0.25) is 5.95 Å². The van der Waals surface area contributed by atoms with Crippen LogP contribution in [0.3, 0.4) is 0 Å². The van der Waals surface area contributed by atoms with Crippen LogP contribution >= 0.6 is 11.3 Å².